The second kappa shape index (κ2) is 4.72. The van der Waals surface area contributed by atoms with E-state index in [-0.39, 0.29) is 0 Å². The molecule has 2 aromatic heterocycles. The van der Waals surface area contributed by atoms with Crippen LogP contribution in [-0.2, 0) is 6.54 Å². The van der Waals surface area contributed by atoms with Gasteiger partial charge in [0.15, 0.2) is 0 Å². The Balaban J connectivity index is 1.84. The molecule has 1 aromatic carbocycles. The minimum Gasteiger partial charge on any atom is -0.459 e. The summed E-state index contributed by atoms with van der Waals surface area (Å²) in [6.07, 6.45) is 0. The largest absolute Gasteiger partial charge is 0.459 e. The second-order valence-electron chi connectivity index (χ2n) is 4.43. The number of hydrogen-bond donors (Lipinski definition) is 0. The lowest BCUT2D eigenvalue weighted by molar-refractivity contribution is 0.541. The average molecular weight is 256 g/mol. The van der Waals surface area contributed by atoms with Gasteiger partial charge in [-0.25, -0.2) is 4.98 Å². The van der Waals surface area contributed by atoms with Gasteiger partial charge in [-0.1, -0.05) is 24.3 Å². The molecule has 0 N–H and O–H groups in total. The molecule has 3 rings (SSSR count). The molecular weight excluding hydrogens is 243 g/mol. The number of nitrogens with zero attached hydrogens (tertiary/aromatic N) is 2. The number of furan rings is 1. The minimum absolute atomic E-state index is 0.478. The van der Waals surface area contributed by atoms with Crippen LogP contribution in [0.4, 0.5) is 10.2 Å². The quantitative estimate of drug-likeness (QED) is 0.670. The van der Waals surface area contributed by atoms with Gasteiger partial charge in [-0.2, -0.15) is 4.39 Å². The maximum atomic E-state index is 13.1. The van der Waals surface area contributed by atoms with Gasteiger partial charge in [0.05, 0.1) is 6.54 Å². The smallest absolute Gasteiger partial charge is 0.214 e. The van der Waals surface area contributed by atoms with Crippen LogP contribution >= 0.6 is 0 Å². The van der Waals surface area contributed by atoms with Crippen LogP contribution in [0.2, 0.25) is 0 Å². The van der Waals surface area contributed by atoms with Crippen molar-refractivity contribution in [3.63, 3.8) is 0 Å². The number of aromatic nitrogens is 1. The number of pyridine rings is 1. The number of halogens is 1. The van der Waals surface area contributed by atoms with E-state index in [4.69, 9.17) is 4.42 Å². The number of benzene rings is 1. The van der Waals surface area contributed by atoms with Crippen molar-refractivity contribution in [1.29, 1.82) is 0 Å². The monoisotopic (exact) mass is 256 g/mol. The SMILES string of the molecule is CN(Cc1cc2ccccc2o1)c1cccc(F)n1. The van der Waals surface area contributed by atoms with E-state index in [1.807, 2.05) is 42.3 Å². The first kappa shape index (κ1) is 11.7. The molecule has 0 radical (unpaired) electrons. The Bertz CT molecular complexity index is 675. The lowest BCUT2D eigenvalue weighted by atomic mass is 10.2. The summed E-state index contributed by atoms with van der Waals surface area (Å²) in [7, 11) is 1.86. The predicted molar refractivity (Wildman–Crippen MR) is 72.5 cm³/mol. The van der Waals surface area contributed by atoms with Crippen molar-refractivity contribution >= 4 is 16.8 Å². The first-order valence-electron chi connectivity index (χ1n) is 6.03. The summed E-state index contributed by atoms with van der Waals surface area (Å²) in [5.74, 6) is 0.934. The highest BCUT2D eigenvalue weighted by Crippen LogP contribution is 2.21. The van der Waals surface area contributed by atoms with Crippen LogP contribution in [0.3, 0.4) is 0 Å². The molecule has 0 amide bonds. The van der Waals surface area contributed by atoms with E-state index in [0.29, 0.717) is 12.4 Å². The fraction of sp³-hybridized carbons (Fsp3) is 0.133. The molecule has 96 valence electrons. The third kappa shape index (κ3) is 2.42. The Kier molecular flexibility index (Phi) is 2.91. The number of anilines is 1. The van der Waals surface area contributed by atoms with E-state index in [9.17, 15) is 4.39 Å². The summed E-state index contributed by atoms with van der Waals surface area (Å²) in [4.78, 5) is 5.69. The van der Waals surface area contributed by atoms with Crippen molar-refractivity contribution in [3.8, 4) is 0 Å². The lowest BCUT2D eigenvalue weighted by Crippen LogP contribution is -2.17. The zero-order valence-electron chi connectivity index (χ0n) is 10.5. The van der Waals surface area contributed by atoms with Gasteiger partial charge in [-0.3, -0.25) is 0 Å². The van der Waals surface area contributed by atoms with Crippen molar-refractivity contribution in [1.82, 2.24) is 4.98 Å². The molecule has 0 unspecified atom stereocenters. The van der Waals surface area contributed by atoms with Gasteiger partial charge in [0, 0.05) is 12.4 Å². The molecule has 3 aromatic rings. The lowest BCUT2D eigenvalue weighted by Gasteiger charge is -2.16. The molecule has 0 aliphatic carbocycles. The van der Waals surface area contributed by atoms with E-state index in [0.717, 1.165) is 16.7 Å². The maximum absolute atomic E-state index is 13.1. The Morgan fingerprint density at radius 1 is 1.16 bits per heavy atom. The van der Waals surface area contributed by atoms with Crippen LogP contribution in [0.1, 0.15) is 5.76 Å². The van der Waals surface area contributed by atoms with Crippen LogP contribution in [0.15, 0.2) is 52.9 Å². The Labute approximate surface area is 110 Å². The second-order valence-corrected chi connectivity index (χ2v) is 4.43. The average Bonchev–Trinajstić information content (AvgIpc) is 2.80. The number of rotatable bonds is 3. The molecular formula is C15H13FN2O. The summed E-state index contributed by atoms with van der Waals surface area (Å²) < 4.78 is 18.8. The topological polar surface area (TPSA) is 29.3 Å². The third-order valence-corrected chi connectivity index (χ3v) is 2.96. The van der Waals surface area contributed by atoms with E-state index in [1.165, 1.54) is 6.07 Å². The summed E-state index contributed by atoms with van der Waals surface area (Å²) in [6, 6.07) is 14.6. The van der Waals surface area contributed by atoms with Gasteiger partial charge in [0.1, 0.15) is 17.2 Å². The van der Waals surface area contributed by atoms with Gasteiger partial charge in [0.2, 0.25) is 5.95 Å². The maximum Gasteiger partial charge on any atom is 0.214 e. The van der Waals surface area contributed by atoms with Crippen LogP contribution in [0, 0.1) is 5.95 Å². The standard InChI is InChI=1S/C15H13FN2O/c1-18(15-8-4-7-14(16)17-15)10-12-9-11-5-2-3-6-13(11)19-12/h2-9H,10H2,1H3. The van der Waals surface area contributed by atoms with Gasteiger partial charge in [0.25, 0.3) is 0 Å². The highest BCUT2D eigenvalue weighted by atomic mass is 19.1. The van der Waals surface area contributed by atoms with Crippen molar-refractivity contribution < 1.29 is 8.81 Å². The first-order valence-corrected chi connectivity index (χ1v) is 6.03. The van der Waals surface area contributed by atoms with Crippen LogP contribution in [0.5, 0.6) is 0 Å². The van der Waals surface area contributed by atoms with Crippen LogP contribution < -0.4 is 4.90 Å². The molecule has 4 heteroatoms. The zero-order chi connectivity index (χ0) is 13.2. The number of para-hydroxylation sites is 1. The molecule has 0 bridgehead atoms. The number of fused-ring (bicyclic) bond motifs is 1. The molecule has 19 heavy (non-hydrogen) atoms. The molecule has 0 atom stereocenters. The van der Waals surface area contributed by atoms with Gasteiger partial charge in [-0.05, 0) is 24.3 Å². The minimum atomic E-state index is -0.478. The molecule has 0 aliphatic rings. The van der Waals surface area contributed by atoms with E-state index in [1.54, 1.807) is 12.1 Å². The Morgan fingerprint density at radius 3 is 2.79 bits per heavy atom. The molecule has 0 saturated heterocycles. The zero-order valence-corrected chi connectivity index (χ0v) is 10.5. The summed E-state index contributed by atoms with van der Waals surface area (Å²) in [5, 5.41) is 1.07. The van der Waals surface area contributed by atoms with Crippen molar-refractivity contribution in [3.05, 3.63) is 60.2 Å². The normalized spacial score (nSPS) is 10.8. The van der Waals surface area contributed by atoms with Crippen molar-refractivity contribution in [2.75, 3.05) is 11.9 Å². The van der Waals surface area contributed by atoms with Crippen molar-refractivity contribution in [2.24, 2.45) is 0 Å². The van der Waals surface area contributed by atoms with Gasteiger partial charge >= 0.3 is 0 Å². The fourth-order valence-electron chi connectivity index (χ4n) is 2.04. The summed E-state index contributed by atoms with van der Waals surface area (Å²) in [6.45, 7) is 0.547. The number of hydrogen-bond acceptors (Lipinski definition) is 3. The Hall–Kier alpha value is -2.36. The highest BCUT2D eigenvalue weighted by molar-refractivity contribution is 5.77. The molecule has 0 saturated carbocycles. The molecule has 2 heterocycles. The van der Waals surface area contributed by atoms with Gasteiger partial charge in [-0.15, -0.1) is 0 Å². The van der Waals surface area contributed by atoms with Crippen molar-refractivity contribution in [2.45, 2.75) is 6.54 Å². The van der Waals surface area contributed by atoms with Crippen LogP contribution in [-0.4, -0.2) is 12.0 Å². The molecule has 0 aliphatic heterocycles. The van der Waals surface area contributed by atoms with E-state index in [2.05, 4.69) is 4.98 Å². The molecule has 0 spiro atoms. The van der Waals surface area contributed by atoms with Gasteiger partial charge < -0.3 is 9.32 Å². The van der Waals surface area contributed by atoms with Crippen LogP contribution in [0.25, 0.3) is 11.0 Å². The highest BCUT2D eigenvalue weighted by Gasteiger charge is 2.08. The van der Waals surface area contributed by atoms with E-state index >= 15 is 0 Å². The predicted octanol–water partition coefficient (Wildman–Crippen LogP) is 3.60. The third-order valence-electron chi connectivity index (χ3n) is 2.96. The Morgan fingerprint density at radius 2 is 2.00 bits per heavy atom. The fourth-order valence-corrected chi connectivity index (χ4v) is 2.04. The first-order chi connectivity index (χ1) is 9.22. The molecule has 3 nitrogen and oxygen atoms in total. The van der Waals surface area contributed by atoms with E-state index < -0.39 is 5.95 Å². The molecule has 0 fully saturated rings. The summed E-state index contributed by atoms with van der Waals surface area (Å²) >= 11 is 0. The summed E-state index contributed by atoms with van der Waals surface area (Å²) in [5.41, 5.74) is 0.859.